The van der Waals surface area contributed by atoms with Crippen LogP contribution in [0, 0.1) is 0 Å². The summed E-state index contributed by atoms with van der Waals surface area (Å²) in [6, 6.07) is 1.34. The fourth-order valence-electron chi connectivity index (χ4n) is 1.56. The highest BCUT2D eigenvalue weighted by Crippen LogP contribution is 2.12. The van der Waals surface area contributed by atoms with Crippen LogP contribution in [0.1, 0.15) is 27.2 Å². The van der Waals surface area contributed by atoms with E-state index in [4.69, 9.17) is 0 Å². The zero-order chi connectivity index (χ0) is 7.56. The molecule has 0 aromatic rings. The SMILES string of the molecule is CC(C)N1CCC=C[C@@H]1C. The molecule has 0 fully saturated rings. The van der Waals surface area contributed by atoms with Crippen molar-refractivity contribution in [3.8, 4) is 0 Å². The Labute approximate surface area is 63.7 Å². The van der Waals surface area contributed by atoms with Crippen molar-refractivity contribution in [1.29, 1.82) is 0 Å². The molecule has 0 aromatic heterocycles. The molecule has 0 N–H and O–H groups in total. The Balaban J connectivity index is 2.52. The lowest BCUT2D eigenvalue weighted by atomic mass is 10.1. The molecular weight excluding hydrogens is 122 g/mol. The number of hydrogen-bond acceptors (Lipinski definition) is 1. The van der Waals surface area contributed by atoms with Crippen LogP contribution in [0.3, 0.4) is 0 Å². The van der Waals surface area contributed by atoms with Gasteiger partial charge in [-0.25, -0.2) is 0 Å². The molecule has 1 nitrogen and oxygen atoms in total. The Morgan fingerprint density at radius 1 is 1.50 bits per heavy atom. The van der Waals surface area contributed by atoms with E-state index in [1.54, 1.807) is 0 Å². The lowest BCUT2D eigenvalue weighted by molar-refractivity contribution is 0.187. The molecule has 1 rings (SSSR count). The third-order valence-corrected chi connectivity index (χ3v) is 2.15. The highest BCUT2D eigenvalue weighted by Gasteiger charge is 2.15. The third kappa shape index (κ3) is 1.60. The Kier molecular flexibility index (Phi) is 2.50. The predicted molar refractivity (Wildman–Crippen MR) is 45.1 cm³/mol. The summed E-state index contributed by atoms with van der Waals surface area (Å²) in [4.78, 5) is 2.51. The lowest BCUT2D eigenvalue weighted by Crippen LogP contribution is -2.39. The first-order valence-electron chi connectivity index (χ1n) is 4.14. The second-order valence-corrected chi connectivity index (χ2v) is 3.29. The van der Waals surface area contributed by atoms with Gasteiger partial charge in [0.1, 0.15) is 0 Å². The molecule has 58 valence electrons. The normalized spacial score (nSPS) is 27.8. The Morgan fingerprint density at radius 2 is 2.20 bits per heavy atom. The topological polar surface area (TPSA) is 3.24 Å². The van der Waals surface area contributed by atoms with Crippen molar-refractivity contribution in [3.05, 3.63) is 12.2 Å². The molecule has 1 aliphatic rings. The molecule has 1 atom stereocenters. The van der Waals surface area contributed by atoms with Crippen LogP contribution in [0.2, 0.25) is 0 Å². The Hall–Kier alpha value is -0.300. The summed E-state index contributed by atoms with van der Waals surface area (Å²) >= 11 is 0. The van der Waals surface area contributed by atoms with E-state index in [2.05, 4.69) is 37.8 Å². The maximum Gasteiger partial charge on any atom is 0.0252 e. The zero-order valence-electron chi connectivity index (χ0n) is 7.17. The summed E-state index contributed by atoms with van der Waals surface area (Å²) in [5.74, 6) is 0. The average Bonchev–Trinajstić information content (AvgIpc) is 1.88. The lowest BCUT2D eigenvalue weighted by Gasteiger charge is -2.33. The minimum absolute atomic E-state index is 0.647. The molecule has 0 saturated heterocycles. The summed E-state index contributed by atoms with van der Waals surface area (Å²) in [7, 11) is 0. The second kappa shape index (κ2) is 3.20. The molecule has 0 saturated carbocycles. The van der Waals surface area contributed by atoms with E-state index in [-0.39, 0.29) is 0 Å². The molecule has 0 radical (unpaired) electrons. The van der Waals surface area contributed by atoms with Gasteiger partial charge in [0.05, 0.1) is 0 Å². The molecule has 1 aliphatic heterocycles. The van der Waals surface area contributed by atoms with Gasteiger partial charge in [0.25, 0.3) is 0 Å². The van der Waals surface area contributed by atoms with Crippen molar-refractivity contribution in [2.45, 2.75) is 39.3 Å². The summed E-state index contributed by atoms with van der Waals surface area (Å²) in [6.07, 6.45) is 5.80. The highest BCUT2D eigenvalue weighted by molar-refractivity contribution is 4.98. The summed E-state index contributed by atoms with van der Waals surface area (Å²) < 4.78 is 0. The van der Waals surface area contributed by atoms with Gasteiger partial charge < -0.3 is 0 Å². The molecule has 1 heteroatoms. The van der Waals surface area contributed by atoms with Crippen LogP contribution in [-0.2, 0) is 0 Å². The number of rotatable bonds is 1. The Bertz CT molecular complexity index is 127. The van der Waals surface area contributed by atoms with Gasteiger partial charge in [0.2, 0.25) is 0 Å². The van der Waals surface area contributed by atoms with Crippen LogP contribution in [0.15, 0.2) is 12.2 Å². The van der Waals surface area contributed by atoms with E-state index in [0.29, 0.717) is 12.1 Å². The van der Waals surface area contributed by atoms with Crippen LogP contribution in [0.25, 0.3) is 0 Å². The predicted octanol–water partition coefficient (Wildman–Crippen LogP) is 2.05. The fourth-order valence-corrected chi connectivity index (χ4v) is 1.56. The van der Waals surface area contributed by atoms with E-state index in [0.717, 1.165) is 0 Å². The van der Waals surface area contributed by atoms with Gasteiger partial charge in [-0.05, 0) is 27.2 Å². The van der Waals surface area contributed by atoms with Crippen molar-refractivity contribution < 1.29 is 0 Å². The molecule has 0 bridgehead atoms. The van der Waals surface area contributed by atoms with Gasteiger partial charge in [-0.1, -0.05) is 12.2 Å². The minimum atomic E-state index is 0.647. The molecule has 0 aliphatic carbocycles. The quantitative estimate of drug-likeness (QED) is 0.502. The summed E-state index contributed by atoms with van der Waals surface area (Å²) in [6.45, 7) is 8.01. The van der Waals surface area contributed by atoms with Crippen molar-refractivity contribution >= 4 is 0 Å². The van der Waals surface area contributed by atoms with Gasteiger partial charge in [0.15, 0.2) is 0 Å². The monoisotopic (exact) mass is 139 g/mol. The van der Waals surface area contributed by atoms with Crippen molar-refractivity contribution in [2.24, 2.45) is 0 Å². The first kappa shape index (κ1) is 7.80. The van der Waals surface area contributed by atoms with Crippen molar-refractivity contribution in [2.75, 3.05) is 6.54 Å². The fraction of sp³-hybridized carbons (Fsp3) is 0.778. The maximum absolute atomic E-state index is 2.51. The van der Waals surface area contributed by atoms with Crippen LogP contribution < -0.4 is 0 Å². The Morgan fingerprint density at radius 3 is 2.60 bits per heavy atom. The van der Waals surface area contributed by atoms with Crippen LogP contribution in [0.5, 0.6) is 0 Å². The van der Waals surface area contributed by atoms with E-state index in [1.807, 2.05) is 0 Å². The summed E-state index contributed by atoms with van der Waals surface area (Å²) in [5, 5.41) is 0. The average molecular weight is 139 g/mol. The molecule has 0 unspecified atom stereocenters. The standard InChI is InChI=1S/C9H17N/c1-8(2)10-7-5-4-6-9(10)3/h4,6,8-9H,5,7H2,1-3H3/t9-/m0/s1. The third-order valence-electron chi connectivity index (χ3n) is 2.15. The van der Waals surface area contributed by atoms with Gasteiger partial charge >= 0.3 is 0 Å². The van der Waals surface area contributed by atoms with Crippen LogP contribution in [-0.4, -0.2) is 23.5 Å². The van der Waals surface area contributed by atoms with Crippen LogP contribution in [0.4, 0.5) is 0 Å². The molecule has 1 heterocycles. The first-order chi connectivity index (χ1) is 4.72. The van der Waals surface area contributed by atoms with Crippen molar-refractivity contribution in [3.63, 3.8) is 0 Å². The molecular formula is C9H17N. The first-order valence-corrected chi connectivity index (χ1v) is 4.14. The summed E-state index contributed by atoms with van der Waals surface area (Å²) in [5.41, 5.74) is 0. The van der Waals surface area contributed by atoms with Gasteiger partial charge in [-0.2, -0.15) is 0 Å². The number of nitrogens with zero attached hydrogens (tertiary/aromatic N) is 1. The van der Waals surface area contributed by atoms with Gasteiger partial charge in [0, 0.05) is 18.6 Å². The van der Waals surface area contributed by atoms with E-state index >= 15 is 0 Å². The van der Waals surface area contributed by atoms with E-state index in [1.165, 1.54) is 13.0 Å². The molecule has 0 spiro atoms. The van der Waals surface area contributed by atoms with Crippen molar-refractivity contribution in [1.82, 2.24) is 4.90 Å². The van der Waals surface area contributed by atoms with E-state index < -0.39 is 0 Å². The molecule has 10 heavy (non-hydrogen) atoms. The maximum atomic E-state index is 2.51. The number of hydrogen-bond donors (Lipinski definition) is 0. The minimum Gasteiger partial charge on any atom is -0.295 e. The zero-order valence-corrected chi connectivity index (χ0v) is 7.17. The van der Waals surface area contributed by atoms with Crippen LogP contribution >= 0.6 is 0 Å². The van der Waals surface area contributed by atoms with Gasteiger partial charge in [-0.15, -0.1) is 0 Å². The van der Waals surface area contributed by atoms with Gasteiger partial charge in [-0.3, -0.25) is 4.90 Å². The molecule has 0 amide bonds. The smallest absolute Gasteiger partial charge is 0.0252 e. The molecule has 0 aromatic carbocycles. The second-order valence-electron chi connectivity index (χ2n) is 3.29. The largest absolute Gasteiger partial charge is 0.295 e. The highest BCUT2D eigenvalue weighted by atomic mass is 15.2. The van der Waals surface area contributed by atoms with E-state index in [9.17, 15) is 0 Å².